The van der Waals surface area contributed by atoms with E-state index in [1.165, 1.54) is 24.3 Å². The van der Waals surface area contributed by atoms with Gasteiger partial charge in [-0.05, 0) is 24.6 Å². The number of hydrogen-bond acceptors (Lipinski definition) is 2. The molecule has 1 atom stereocenters. The Hall–Kier alpha value is -1.23. The van der Waals surface area contributed by atoms with Gasteiger partial charge in [0.05, 0.1) is 0 Å². The summed E-state index contributed by atoms with van der Waals surface area (Å²) >= 11 is 0. The number of halogens is 3. The molecule has 0 spiro atoms. The minimum absolute atomic E-state index is 0.199. The van der Waals surface area contributed by atoms with Gasteiger partial charge in [0, 0.05) is 6.04 Å². The number of nitrogens with two attached hydrogens (primary N) is 1. The summed E-state index contributed by atoms with van der Waals surface area (Å²) in [6, 6.07) is 5.30. The fraction of sp³-hybridized carbons (Fsp3) is 0.333. The van der Waals surface area contributed by atoms with Crippen LogP contribution in [0.25, 0.3) is 0 Å². The molecule has 0 aliphatic heterocycles. The van der Waals surface area contributed by atoms with Gasteiger partial charge in [-0.15, -0.1) is 13.2 Å². The fourth-order valence-electron chi connectivity index (χ4n) is 0.973. The van der Waals surface area contributed by atoms with Gasteiger partial charge in [-0.3, -0.25) is 0 Å². The molecule has 0 heterocycles. The summed E-state index contributed by atoms with van der Waals surface area (Å²) in [5.74, 6) is -0.234. The van der Waals surface area contributed by atoms with Crippen molar-refractivity contribution >= 4 is 0 Å². The quantitative estimate of drug-likeness (QED) is 0.805. The van der Waals surface area contributed by atoms with Crippen LogP contribution in [0.3, 0.4) is 0 Å². The van der Waals surface area contributed by atoms with Gasteiger partial charge in [-0.2, -0.15) is 0 Å². The molecule has 0 bridgehead atoms. The van der Waals surface area contributed by atoms with Gasteiger partial charge in [-0.1, -0.05) is 12.1 Å². The van der Waals surface area contributed by atoms with Gasteiger partial charge in [0.2, 0.25) is 0 Å². The second-order valence-electron chi connectivity index (χ2n) is 2.91. The average molecular weight is 205 g/mol. The topological polar surface area (TPSA) is 35.2 Å². The summed E-state index contributed by atoms with van der Waals surface area (Å²) in [5, 5.41) is 0. The van der Waals surface area contributed by atoms with E-state index < -0.39 is 6.36 Å². The highest BCUT2D eigenvalue weighted by Crippen LogP contribution is 2.23. The van der Waals surface area contributed by atoms with Crippen LogP contribution < -0.4 is 10.5 Å². The number of alkyl halides is 3. The number of benzene rings is 1. The van der Waals surface area contributed by atoms with E-state index in [9.17, 15) is 13.2 Å². The maximum Gasteiger partial charge on any atom is 0.573 e. The van der Waals surface area contributed by atoms with Gasteiger partial charge >= 0.3 is 6.36 Å². The highest BCUT2D eigenvalue weighted by molar-refractivity contribution is 5.28. The minimum Gasteiger partial charge on any atom is -0.406 e. The first-order valence-electron chi connectivity index (χ1n) is 4.00. The molecule has 14 heavy (non-hydrogen) atoms. The fourth-order valence-corrected chi connectivity index (χ4v) is 0.973. The SMILES string of the molecule is C[C@@H](N)c1ccc(OC(F)(F)F)cc1. The summed E-state index contributed by atoms with van der Waals surface area (Å²) in [7, 11) is 0. The summed E-state index contributed by atoms with van der Waals surface area (Å²) in [6.07, 6.45) is -4.64. The molecule has 0 radical (unpaired) electrons. The Morgan fingerprint density at radius 3 is 2.07 bits per heavy atom. The molecule has 0 fully saturated rings. The van der Waals surface area contributed by atoms with Crippen LogP contribution in [-0.2, 0) is 0 Å². The van der Waals surface area contributed by atoms with Gasteiger partial charge in [0.15, 0.2) is 0 Å². The van der Waals surface area contributed by atoms with E-state index in [0.717, 1.165) is 5.56 Å². The molecular formula is C9H10F3NO. The minimum atomic E-state index is -4.64. The predicted molar refractivity (Wildman–Crippen MR) is 45.7 cm³/mol. The Bertz CT molecular complexity index is 292. The van der Waals surface area contributed by atoms with E-state index >= 15 is 0 Å². The van der Waals surface area contributed by atoms with Crippen LogP contribution in [0.15, 0.2) is 24.3 Å². The van der Waals surface area contributed by atoms with Gasteiger partial charge < -0.3 is 10.5 Å². The molecular weight excluding hydrogens is 195 g/mol. The first-order valence-corrected chi connectivity index (χ1v) is 4.00. The predicted octanol–water partition coefficient (Wildman–Crippen LogP) is 2.60. The van der Waals surface area contributed by atoms with Gasteiger partial charge in [0.1, 0.15) is 5.75 Å². The zero-order valence-electron chi connectivity index (χ0n) is 7.51. The van der Waals surface area contributed by atoms with Crippen molar-refractivity contribution in [3.05, 3.63) is 29.8 Å². The van der Waals surface area contributed by atoms with Crippen LogP contribution in [0.5, 0.6) is 5.75 Å². The van der Waals surface area contributed by atoms with Crippen molar-refractivity contribution in [3.63, 3.8) is 0 Å². The first kappa shape index (κ1) is 10.8. The van der Waals surface area contributed by atoms with Crippen LogP contribution in [-0.4, -0.2) is 6.36 Å². The third kappa shape index (κ3) is 3.26. The van der Waals surface area contributed by atoms with Crippen molar-refractivity contribution in [2.24, 2.45) is 5.73 Å². The van der Waals surface area contributed by atoms with Crippen molar-refractivity contribution in [2.75, 3.05) is 0 Å². The summed E-state index contributed by atoms with van der Waals surface area (Å²) in [6.45, 7) is 1.75. The molecule has 0 unspecified atom stereocenters. The lowest BCUT2D eigenvalue weighted by Gasteiger charge is -2.10. The lowest BCUT2D eigenvalue weighted by molar-refractivity contribution is -0.274. The van der Waals surface area contributed by atoms with Gasteiger partial charge in [0.25, 0.3) is 0 Å². The second kappa shape index (κ2) is 3.88. The number of rotatable bonds is 2. The molecule has 5 heteroatoms. The summed E-state index contributed by atoms with van der Waals surface area (Å²) < 4.78 is 39.0. The maximum atomic E-state index is 11.8. The third-order valence-corrected chi connectivity index (χ3v) is 1.64. The Kier molecular flexibility index (Phi) is 3.00. The highest BCUT2D eigenvalue weighted by Gasteiger charge is 2.30. The van der Waals surface area contributed by atoms with Crippen molar-refractivity contribution in [1.29, 1.82) is 0 Å². The Morgan fingerprint density at radius 1 is 1.21 bits per heavy atom. The normalized spacial score (nSPS) is 13.8. The largest absolute Gasteiger partial charge is 0.573 e. The number of ether oxygens (including phenoxy) is 1. The molecule has 2 N–H and O–H groups in total. The Labute approximate surface area is 79.5 Å². The van der Waals surface area contributed by atoms with Crippen molar-refractivity contribution in [1.82, 2.24) is 0 Å². The molecule has 1 rings (SSSR count). The smallest absolute Gasteiger partial charge is 0.406 e. The molecule has 78 valence electrons. The zero-order valence-corrected chi connectivity index (χ0v) is 7.51. The zero-order chi connectivity index (χ0) is 10.8. The summed E-state index contributed by atoms with van der Waals surface area (Å²) in [5.41, 5.74) is 6.29. The third-order valence-electron chi connectivity index (χ3n) is 1.64. The maximum absolute atomic E-state index is 11.8. The average Bonchev–Trinajstić information content (AvgIpc) is 2.02. The number of hydrogen-bond donors (Lipinski definition) is 1. The van der Waals surface area contributed by atoms with Crippen LogP contribution in [0.1, 0.15) is 18.5 Å². The highest BCUT2D eigenvalue weighted by atomic mass is 19.4. The molecule has 0 aliphatic carbocycles. The van der Waals surface area contributed by atoms with Crippen LogP contribution >= 0.6 is 0 Å². The molecule has 1 aromatic rings. The molecule has 1 aromatic carbocycles. The Morgan fingerprint density at radius 2 is 1.71 bits per heavy atom. The van der Waals surface area contributed by atoms with E-state index in [0.29, 0.717) is 0 Å². The van der Waals surface area contributed by atoms with Crippen LogP contribution in [0.2, 0.25) is 0 Å². The molecule has 0 saturated carbocycles. The molecule has 2 nitrogen and oxygen atoms in total. The van der Waals surface area contributed by atoms with Crippen LogP contribution in [0, 0.1) is 0 Å². The van der Waals surface area contributed by atoms with E-state index in [4.69, 9.17) is 5.73 Å². The Balaban J connectivity index is 2.74. The summed E-state index contributed by atoms with van der Waals surface area (Å²) in [4.78, 5) is 0. The second-order valence-corrected chi connectivity index (χ2v) is 2.91. The lowest BCUT2D eigenvalue weighted by Crippen LogP contribution is -2.17. The van der Waals surface area contributed by atoms with E-state index in [1.54, 1.807) is 6.92 Å². The van der Waals surface area contributed by atoms with Crippen molar-refractivity contribution in [2.45, 2.75) is 19.3 Å². The molecule has 0 aromatic heterocycles. The molecule has 0 saturated heterocycles. The van der Waals surface area contributed by atoms with Crippen molar-refractivity contribution < 1.29 is 17.9 Å². The first-order chi connectivity index (χ1) is 6.38. The van der Waals surface area contributed by atoms with Crippen molar-refractivity contribution in [3.8, 4) is 5.75 Å². The lowest BCUT2D eigenvalue weighted by atomic mass is 10.1. The van der Waals surface area contributed by atoms with Gasteiger partial charge in [-0.25, -0.2) is 0 Å². The molecule has 0 aliphatic rings. The monoisotopic (exact) mass is 205 g/mol. The van der Waals surface area contributed by atoms with E-state index in [-0.39, 0.29) is 11.8 Å². The molecule has 0 amide bonds. The van der Waals surface area contributed by atoms with Crippen LogP contribution in [0.4, 0.5) is 13.2 Å². The van der Waals surface area contributed by atoms with E-state index in [2.05, 4.69) is 4.74 Å². The van der Waals surface area contributed by atoms with E-state index in [1.807, 2.05) is 0 Å². The standard InChI is InChI=1S/C9H10F3NO/c1-6(13)7-2-4-8(5-3-7)14-9(10,11)12/h2-6H,13H2,1H3/t6-/m1/s1.